The summed E-state index contributed by atoms with van der Waals surface area (Å²) in [6.45, 7) is 0.596. The number of aliphatic hydroxyl groups is 1. The van der Waals surface area contributed by atoms with Gasteiger partial charge in [0.25, 0.3) is 0 Å². The van der Waals surface area contributed by atoms with Gasteiger partial charge in [-0.15, -0.1) is 0 Å². The van der Waals surface area contributed by atoms with Gasteiger partial charge in [-0.3, -0.25) is 0 Å². The Morgan fingerprint density at radius 1 is 1.19 bits per heavy atom. The molecule has 1 unspecified atom stereocenters. The zero-order valence-electron chi connectivity index (χ0n) is 11.5. The minimum atomic E-state index is -0.208. The molecule has 1 atom stereocenters. The second-order valence-electron chi connectivity index (χ2n) is 4.76. The summed E-state index contributed by atoms with van der Waals surface area (Å²) in [5.41, 5.74) is 2.07. The largest absolute Gasteiger partial charge is 0.468 e. The number of furan rings is 1. The van der Waals surface area contributed by atoms with Crippen molar-refractivity contribution in [1.82, 2.24) is 15.1 Å². The monoisotopic (exact) mass is 283 g/mol. The minimum absolute atomic E-state index is 0.0136. The Labute approximate surface area is 122 Å². The van der Waals surface area contributed by atoms with Crippen LogP contribution in [-0.4, -0.2) is 21.5 Å². The number of hydrogen-bond acceptors (Lipinski definition) is 4. The fourth-order valence-corrected chi connectivity index (χ4v) is 2.16. The zero-order chi connectivity index (χ0) is 14.5. The molecule has 0 spiro atoms. The van der Waals surface area contributed by atoms with Crippen LogP contribution in [0.15, 0.2) is 65.5 Å². The summed E-state index contributed by atoms with van der Waals surface area (Å²) in [4.78, 5) is 0. The van der Waals surface area contributed by atoms with Crippen molar-refractivity contribution in [2.24, 2.45) is 0 Å². The predicted molar refractivity (Wildman–Crippen MR) is 78.9 cm³/mol. The number of hydrogen-bond donors (Lipinski definition) is 2. The minimum Gasteiger partial charge on any atom is -0.468 e. The maximum absolute atomic E-state index is 9.42. The van der Waals surface area contributed by atoms with Crippen LogP contribution in [0, 0.1) is 0 Å². The van der Waals surface area contributed by atoms with Crippen LogP contribution in [0.3, 0.4) is 0 Å². The van der Waals surface area contributed by atoms with Crippen LogP contribution in [0.25, 0.3) is 5.69 Å². The van der Waals surface area contributed by atoms with Crippen molar-refractivity contribution in [2.75, 3.05) is 6.61 Å². The van der Waals surface area contributed by atoms with Gasteiger partial charge in [0.1, 0.15) is 5.76 Å². The Balaban J connectivity index is 1.65. The Kier molecular flexibility index (Phi) is 4.14. The van der Waals surface area contributed by atoms with Crippen LogP contribution >= 0.6 is 0 Å². The summed E-state index contributed by atoms with van der Waals surface area (Å²) in [5.74, 6) is 0.730. The lowest BCUT2D eigenvalue weighted by atomic mass is 10.2. The molecule has 0 saturated heterocycles. The SMILES string of the molecule is OCC(NCc1cnn(-c2ccccc2)c1)c1ccco1. The van der Waals surface area contributed by atoms with Gasteiger partial charge in [-0.05, 0) is 24.3 Å². The summed E-state index contributed by atoms with van der Waals surface area (Å²) in [6.07, 6.45) is 5.39. The lowest BCUT2D eigenvalue weighted by Gasteiger charge is -2.12. The van der Waals surface area contributed by atoms with Gasteiger partial charge < -0.3 is 14.8 Å². The normalized spacial score (nSPS) is 12.4. The second kappa shape index (κ2) is 6.39. The molecule has 0 aliphatic heterocycles. The van der Waals surface area contributed by atoms with Gasteiger partial charge in [0.05, 0.1) is 30.8 Å². The van der Waals surface area contributed by atoms with E-state index in [0.717, 1.165) is 17.0 Å². The van der Waals surface area contributed by atoms with Crippen LogP contribution < -0.4 is 5.32 Å². The van der Waals surface area contributed by atoms with Crippen molar-refractivity contribution in [3.63, 3.8) is 0 Å². The molecule has 3 rings (SSSR count). The van der Waals surface area contributed by atoms with Gasteiger partial charge in [0.15, 0.2) is 0 Å². The van der Waals surface area contributed by atoms with Crippen LogP contribution in [0.1, 0.15) is 17.4 Å². The first-order valence-corrected chi connectivity index (χ1v) is 6.83. The first-order chi connectivity index (χ1) is 10.4. The van der Waals surface area contributed by atoms with Crippen molar-refractivity contribution in [3.05, 3.63) is 72.4 Å². The van der Waals surface area contributed by atoms with E-state index in [4.69, 9.17) is 4.42 Å². The summed E-state index contributed by atoms with van der Waals surface area (Å²) in [6, 6.07) is 13.4. The second-order valence-corrected chi connectivity index (χ2v) is 4.76. The molecule has 0 saturated carbocycles. The van der Waals surface area contributed by atoms with Crippen LogP contribution in [-0.2, 0) is 6.54 Å². The van der Waals surface area contributed by atoms with Gasteiger partial charge >= 0.3 is 0 Å². The molecule has 3 aromatic rings. The van der Waals surface area contributed by atoms with Crippen LogP contribution in [0.5, 0.6) is 0 Å². The topological polar surface area (TPSA) is 63.2 Å². The molecule has 5 heteroatoms. The van der Waals surface area contributed by atoms with Gasteiger partial charge in [-0.2, -0.15) is 5.10 Å². The van der Waals surface area contributed by atoms with E-state index in [9.17, 15) is 5.11 Å². The standard InChI is InChI=1S/C16H17N3O2/c20-12-15(16-7-4-8-21-16)17-9-13-10-18-19(11-13)14-5-2-1-3-6-14/h1-8,10-11,15,17,20H,9,12H2. The zero-order valence-corrected chi connectivity index (χ0v) is 11.5. The van der Waals surface area contributed by atoms with Crippen molar-refractivity contribution < 1.29 is 9.52 Å². The molecule has 0 aliphatic carbocycles. The smallest absolute Gasteiger partial charge is 0.123 e. The fourth-order valence-electron chi connectivity index (χ4n) is 2.16. The Hall–Kier alpha value is -2.37. The van der Waals surface area contributed by atoms with Crippen molar-refractivity contribution in [1.29, 1.82) is 0 Å². The third kappa shape index (κ3) is 3.21. The fraction of sp³-hybridized carbons (Fsp3) is 0.188. The van der Waals surface area contributed by atoms with E-state index in [1.165, 1.54) is 0 Å². The predicted octanol–water partition coefficient (Wildman–Crippen LogP) is 2.29. The van der Waals surface area contributed by atoms with Crippen LogP contribution in [0.2, 0.25) is 0 Å². The van der Waals surface area contributed by atoms with E-state index >= 15 is 0 Å². The average molecular weight is 283 g/mol. The molecular formula is C16H17N3O2. The number of aliphatic hydroxyl groups excluding tert-OH is 1. The van der Waals surface area contributed by atoms with E-state index in [1.54, 1.807) is 6.26 Å². The van der Waals surface area contributed by atoms with Crippen LogP contribution in [0.4, 0.5) is 0 Å². The number of para-hydroxylation sites is 1. The van der Waals surface area contributed by atoms with Gasteiger partial charge in [0.2, 0.25) is 0 Å². The maximum atomic E-state index is 9.42. The molecule has 21 heavy (non-hydrogen) atoms. The number of nitrogens with one attached hydrogen (secondary N) is 1. The van der Waals surface area contributed by atoms with Gasteiger partial charge in [-0.1, -0.05) is 18.2 Å². The van der Waals surface area contributed by atoms with E-state index in [0.29, 0.717) is 6.54 Å². The first-order valence-electron chi connectivity index (χ1n) is 6.83. The van der Waals surface area contributed by atoms with Gasteiger partial charge in [0, 0.05) is 18.3 Å². The van der Waals surface area contributed by atoms with Crippen molar-refractivity contribution in [2.45, 2.75) is 12.6 Å². The molecule has 2 aromatic heterocycles. The van der Waals surface area contributed by atoms with E-state index in [2.05, 4.69) is 10.4 Å². The van der Waals surface area contributed by atoms with Crippen molar-refractivity contribution >= 4 is 0 Å². The number of benzene rings is 1. The Morgan fingerprint density at radius 3 is 2.76 bits per heavy atom. The Bertz CT molecular complexity index is 662. The molecule has 108 valence electrons. The Morgan fingerprint density at radius 2 is 2.05 bits per heavy atom. The van der Waals surface area contributed by atoms with E-state index < -0.39 is 0 Å². The summed E-state index contributed by atoms with van der Waals surface area (Å²) >= 11 is 0. The molecule has 2 N–H and O–H groups in total. The molecule has 0 fully saturated rings. The molecule has 0 radical (unpaired) electrons. The highest BCUT2D eigenvalue weighted by Gasteiger charge is 2.12. The average Bonchev–Trinajstić information content (AvgIpc) is 3.20. The lowest BCUT2D eigenvalue weighted by molar-refractivity contribution is 0.225. The van der Waals surface area contributed by atoms with Gasteiger partial charge in [-0.25, -0.2) is 4.68 Å². The summed E-state index contributed by atoms with van der Waals surface area (Å²) in [5, 5.41) is 17.0. The highest BCUT2D eigenvalue weighted by atomic mass is 16.3. The molecular weight excluding hydrogens is 266 g/mol. The molecule has 0 amide bonds. The molecule has 0 bridgehead atoms. The first kappa shape index (κ1) is 13.6. The quantitative estimate of drug-likeness (QED) is 0.728. The van der Waals surface area contributed by atoms with E-state index in [1.807, 2.05) is 59.5 Å². The highest BCUT2D eigenvalue weighted by Crippen LogP contribution is 2.14. The molecule has 1 aromatic carbocycles. The highest BCUT2D eigenvalue weighted by molar-refractivity contribution is 5.30. The van der Waals surface area contributed by atoms with E-state index in [-0.39, 0.29) is 12.6 Å². The molecule has 5 nitrogen and oxygen atoms in total. The third-order valence-electron chi connectivity index (χ3n) is 3.28. The van der Waals surface area contributed by atoms with Crippen molar-refractivity contribution in [3.8, 4) is 5.69 Å². The number of rotatable bonds is 6. The summed E-state index contributed by atoms with van der Waals surface area (Å²) < 4.78 is 7.14. The maximum Gasteiger partial charge on any atom is 0.123 e. The number of nitrogens with zero attached hydrogens (tertiary/aromatic N) is 2. The number of aromatic nitrogens is 2. The molecule has 0 aliphatic rings. The third-order valence-corrected chi connectivity index (χ3v) is 3.28. The summed E-state index contributed by atoms with van der Waals surface area (Å²) in [7, 11) is 0. The lowest BCUT2D eigenvalue weighted by Crippen LogP contribution is -2.23. The molecule has 2 heterocycles.